The lowest BCUT2D eigenvalue weighted by atomic mass is 9.90. The van der Waals surface area contributed by atoms with Gasteiger partial charge >= 0.3 is 0 Å². The van der Waals surface area contributed by atoms with Gasteiger partial charge in [-0.15, -0.1) is 0 Å². The molecule has 0 saturated carbocycles. The molecule has 1 fully saturated rings. The van der Waals surface area contributed by atoms with Crippen molar-refractivity contribution in [3.8, 4) is 23.0 Å². The molecule has 3 N–H and O–H groups in total. The van der Waals surface area contributed by atoms with E-state index in [1.165, 1.54) is 12.7 Å². The zero-order valence-electron chi connectivity index (χ0n) is 20.9. The second-order valence-corrected chi connectivity index (χ2v) is 9.08. The minimum Gasteiger partial charge on any atom is -0.501 e. The van der Waals surface area contributed by atoms with Gasteiger partial charge in [-0.2, -0.15) is 0 Å². The molecular weight excluding hydrogens is 468 g/mol. The maximum atomic E-state index is 10.3. The molecule has 1 saturated heterocycles. The van der Waals surface area contributed by atoms with E-state index in [2.05, 4.69) is 0 Å². The number of benzene rings is 2. The van der Waals surface area contributed by atoms with Crippen LogP contribution in [-0.4, -0.2) is 74.0 Å². The second-order valence-electron chi connectivity index (χ2n) is 9.08. The van der Waals surface area contributed by atoms with Crippen molar-refractivity contribution in [2.45, 2.75) is 50.5 Å². The van der Waals surface area contributed by atoms with E-state index in [0.717, 1.165) is 24.0 Å². The summed E-state index contributed by atoms with van der Waals surface area (Å²) in [5, 5.41) is 30.2. The zero-order chi connectivity index (χ0) is 25.8. The first-order chi connectivity index (χ1) is 17.3. The molecule has 6 atom stereocenters. The van der Waals surface area contributed by atoms with Crippen molar-refractivity contribution in [3.05, 3.63) is 59.4 Å². The van der Waals surface area contributed by atoms with E-state index in [0.29, 0.717) is 29.6 Å². The van der Waals surface area contributed by atoms with Crippen LogP contribution in [0.5, 0.6) is 23.0 Å². The summed E-state index contributed by atoms with van der Waals surface area (Å²) in [4.78, 5) is 0. The largest absolute Gasteiger partial charge is 0.501 e. The minimum absolute atomic E-state index is 0.190. The third kappa shape index (κ3) is 5.54. The van der Waals surface area contributed by atoms with Crippen molar-refractivity contribution >= 4 is 0 Å². The van der Waals surface area contributed by atoms with Gasteiger partial charge < -0.3 is 43.7 Å². The van der Waals surface area contributed by atoms with Crippen LogP contribution < -0.4 is 18.9 Å². The van der Waals surface area contributed by atoms with Crippen molar-refractivity contribution in [2.24, 2.45) is 5.92 Å². The maximum absolute atomic E-state index is 10.3. The van der Waals surface area contributed by atoms with Gasteiger partial charge in [0.05, 0.1) is 40.3 Å². The first-order valence-electron chi connectivity index (χ1n) is 11.9. The molecule has 9 heteroatoms. The Morgan fingerprint density at radius 1 is 0.806 bits per heavy atom. The molecule has 0 unspecified atom stereocenters. The van der Waals surface area contributed by atoms with Gasteiger partial charge in [0.25, 0.3) is 0 Å². The molecule has 2 heterocycles. The lowest BCUT2D eigenvalue weighted by Gasteiger charge is -2.39. The van der Waals surface area contributed by atoms with Crippen LogP contribution in [0.15, 0.2) is 48.2 Å². The highest BCUT2D eigenvalue weighted by Gasteiger charge is 2.43. The highest BCUT2D eigenvalue weighted by Crippen LogP contribution is 2.35. The molecule has 0 bridgehead atoms. The van der Waals surface area contributed by atoms with E-state index in [4.69, 9.17) is 28.4 Å². The van der Waals surface area contributed by atoms with Crippen LogP contribution in [0, 0.1) is 5.92 Å². The van der Waals surface area contributed by atoms with Crippen molar-refractivity contribution in [3.63, 3.8) is 0 Å². The standard InChI is InChI=1S/C27H34O9/c1-15-24(28)25(29)26(30)27(35-15)36-21-8-6-17(12-23(21)33-4)10-19-14-34-13-18(19)9-16-5-7-20(31-2)22(11-16)32-3/h5-8,11-13,15,19,24-30H,9-10,14H2,1-4H3/t15-,19+,24-,25+,26-,27-/m1/s1. The van der Waals surface area contributed by atoms with Crippen LogP contribution in [0.2, 0.25) is 0 Å². The molecule has 0 spiro atoms. The second kappa shape index (κ2) is 11.4. The highest BCUT2D eigenvalue weighted by atomic mass is 16.7. The number of hydrogen-bond donors (Lipinski definition) is 3. The van der Waals surface area contributed by atoms with E-state index in [9.17, 15) is 15.3 Å². The Labute approximate surface area is 210 Å². The molecule has 2 aliphatic heterocycles. The molecule has 9 nitrogen and oxygen atoms in total. The Balaban J connectivity index is 1.44. The predicted molar refractivity (Wildman–Crippen MR) is 130 cm³/mol. The summed E-state index contributed by atoms with van der Waals surface area (Å²) in [6.45, 7) is 2.19. The fourth-order valence-electron chi connectivity index (χ4n) is 4.53. The maximum Gasteiger partial charge on any atom is 0.229 e. The summed E-state index contributed by atoms with van der Waals surface area (Å²) >= 11 is 0. The van der Waals surface area contributed by atoms with Gasteiger partial charge in [0.1, 0.15) is 18.3 Å². The van der Waals surface area contributed by atoms with E-state index in [1.807, 2.05) is 36.6 Å². The van der Waals surface area contributed by atoms with Crippen LogP contribution >= 0.6 is 0 Å². The molecule has 36 heavy (non-hydrogen) atoms. The van der Waals surface area contributed by atoms with Crippen molar-refractivity contribution in [1.29, 1.82) is 0 Å². The van der Waals surface area contributed by atoms with Crippen LogP contribution in [0.4, 0.5) is 0 Å². The average Bonchev–Trinajstić information content (AvgIpc) is 3.32. The van der Waals surface area contributed by atoms with Crippen LogP contribution in [0.3, 0.4) is 0 Å². The van der Waals surface area contributed by atoms with E-state index in [1.54, 1.807) is 27.2 Å². The molecule has 2 aliphatic rings. The third-order valence-corrected chi connectivity index (χ3v) is 6.67. The zero-order valence-corrected chi connectivity index (χ0v) is 20.9. The van der Waals surface area contributed by atoms with Gasteiger partial charge in [0.2, 0.25) is 6.29 Å². The smallest absolute Gasteiger partial charge is 0.229 e. The van der Waals surface area contributed by atoms with Gasteiger partial charge in [-0.3, -0.25) is 0 Å². The van der Waals surface area contributed by atoms with E-state index >= 15 is 0 Å². The Hall–Kier alpha value is -2.98. The Morgan fingerprint density at radius 3 is 2.17 bits per heavy atom. The van der Waals surface area contributed by atoms with Crippen LogP contribution in [0.1, 0.15) is 18.1 Å². The van der Waals surface area contributed by atoms with Gasteiger partial charge in [0, 0.05) is 5.92 Å². The monoisotopic (exact) mass is 502 g/mol. The fraction of sp³-hybridized carbons (Fsp3) is 0.481. The average molecular weight is 503 g/mol. The molecule has 2 aromatic carbocycles. The first-order valence-corrected chi connectivity index (χ1v) is 11.9. The summed E-state index contributed by atoms with van der Waals surface area (Å²) in [7, 11) is 4.77. The number of aliphatic hydroxyl groups is 3. The minimum atomic E-state index is -1.40. The van der Waals surface area contributed by atoms with Crippen molar-refractivity contribution in [2.75, 3.05) is 27.9 Å². The topological polar surface area (TPSA) is 116 Å². The number of hydrogen-bond acceptors (Lipinski definition) is 9. The van der Waals surface area contributed by atoms with E-state index < -0.39 is 30.7 Å². The number of rotatable bonds is 9. The van der Waals surface area contributed by atoms with Crippen molar-refractivity contribution in [1.82, 2.24) is 0 Å². The quantitative estimate of drug-likeness (QED) is 0.475. The Morgan fingerprint density at radius 2 is 1.44 bits per heavy atom. The molecule has 0 amide bonds. The van der Waals surface area contributed by atoms with Gasteiger partial charge in [-0.1, -0.05) is 12.1 Å². The molecule has 2 aromatic rings. The fourth-order valence-corrected chi connectivity index (χ4v) is 4.53. The van der Waals surface area contributed by atoms with Crippen LogP contribution in [0.25, 0.3) is 0 Å². The molecule has 0 radical (unpaired) electrons. The number of aliphatic hydroxyl groups excluding tert-OH is 3. The lowest BCUT2D eigenvalue weighted by molar-refractivity contribution is -0.268. The molecule has 0 aliphatic carbocycles. The normalized spacial score (nSPS) is 27.7. The molecule has 0 aromatic heterocycles. The van der Waals surface area contributed by atoms with Crippen molar-refractivity contribution < 1.29 is 43.7 Å². The van der Waals surface area contributed by atoms with Crippen LogP contribution in [-0.2, 0) is 22.3 Å². The number of ether oxygens (including phenoxy) is 6. The highest BCUT2D eigenvalue weighted by molar-refractivity contribution is 5.45. The van der Waals surface area contributed by atoms with E-state index in [-0.39, 0.29) is 5.92 Å². The predicted octanol–water partition coefficient (Wildman–Crippen LogP) is 2.23. The summed E-state index contributed by atoms with van der Waals surface area (Å²) in [5.74, 6) is 2.41. The first kappa shape index (κ1) is 26.1. The summed E-state index contributed by atoms with van der Waals surface area (Å²) < 4.78 is 33.3. The number of methoxy groups -OCH3 is 3. The van der Waals surface area contributed by atoms with Gasteiger partial charge in [0.15, 0.2) is 23.0 Å². The lowest BCUT2D eigenvalue weighted by Crippen LogP contribution is -2.58. The summed E-state index contributed by atoms with van der Waals surface area (Å²) in [5.41, 5.74) is 3.31. The SMILES string of the molecule is COc1ccc(CC2=COC[C@@H]2Cc2ccc(O[C@H]3O[C@H](C)[C@@H](O)[C@H](O)[C@H]3O)c(OC)c2)cc1OC. The Bertz CT molecular complexity index is 1070. The third-order valence-electron chi connectivity index (χ3n) is 6.67. The Kier molecular flexibility index (Phi) is 8.25. The molecule has 196 valence electrons. The summed E-state index contributed by atoms with van der Waals surface area (Å²) in [6.07, 6.45) is -2.51. The summed E-state index contributed by atoms with van der Waals surface area (Å²) in [6, 6.07) is 11.4. The van der Waals surface area contributed by atoms with Gasteiger partial charge in [-0.25, -0.2) is 0 Å². The molecular formula is C27H34O9. The molecule has 4 rings (SSSR count). The van der Waals surface area contributed by atoms with Gasteiger partial charge in [-0.05, 0) is 60.7 Å².